The maximum Gasteiger partial charge on any atom is 0.451 e. The number of halogens is 3. The minimum Gasteiger partial charge on any atom is -0.481 e. The van der Waals surface area contributed by atoms with E-state index >= 15 is 0 Å². The van der Waals surface area contributed by atoms with Crippen LogP contribution in [-0.4, -0.2) is 26.8 Å². The van der Waals surface area contributed by atoms with Gasteiger partial charge in [-0.15, -0.1) is 0 Å². The Morgan fingerprint density at radius 2 is 1.95 bits per heavy atom. The van der Waals surface area contributed by atoms with Crippen molar-refractivity contribution < 1.29 is 23.1 Å². The lowest BCUT2D eigenvalue weighted by Crippen LogP contribution is -2.12. The number of benzene rings is 1. The first kappa shape index (κ1) is 13.6. The second-order valence-electron chi connectivity index (χ2n) is 3.55. The van der Waals surface area contributed by atoms with E-state index in [0.717, 1.165) is 11.8 Å². The minimum absolute atomic E-state index is 0.0142. The number of carbonyl (C=O) groups is 1. The number of carboxylic acids is 1. The fourth-order valence-electron chi connectivity index (χ4n) is 1.41. The smallest absolute Gasteiger partial charge is 0.451 e. The topological polar surface area (TPSA) is 63.1 Å². The number of fused-ring (bicyclic) bond motifs is 1. The molecule has 100 valence electrons. The second-order valence-corrected chi connectivity index (χ2v) is 4.51. The fourth-order valence-corrected chi connectivity index (χ4v) is 2.15. The summed E-state index contributed by atoms with van der Waals surface area (Å²) in [5.74, 6) is -2.75. The van der Waals surface area contributed by atoms with Crippen LogP contribution in [0.1, 0.15) is 5.82 Å². The van der Waals surface area contributed by atoms with Crippen molar-refractivity contribution in [1.29, 1.82) is 0 Å². The van der Waals surface area contributed by atoms with Gasteiger partial charge in [-0.3, -0.25) is 4.79 Å². The summed E-state index contributed by atoms with van der Waals surface area (Å²) in [4.78, 5) is 17.3. The Labute approximate surface area is 109 Å². The molecule has 2 aromatic rings. The molecular formula is C11H7F3N2O2S. The fraction of sp³-hybridized carbons (Fsp3) is 0.182. The number of hydrogen-bond acceptors (Lipinski definition) is 4. The van der Waals surface area contributed by atoms with E-state index in [0.29, 0.717) is 5.39 Å². The largest absolute Gasteiger partial charge is 0.481 e. The highest BCUT2D eigenvalue weighted by atomic mass is 32.2. The molecule has 1 N–H and O–H groups in total. The van der Waals surface area contributed by atoms with Crippen LogP contribution in [0.5, 0.6) is 0 Å². The molecule has 0 fully saturated rings. The molecule has 0 unspecified atom stereocenters. The van der Waals surface area contributed by atoms with E-state index in [1.54, 1.807) is 18.2 Å². The van der Waals surface area contributed by atoms with E-state index in [4.69, 9.17) is 5.11 Å². The molecular weight excluding hydrogens is 281 g/mol. The zero-order valence-electron chi connectivity index (χ0n) is 9.31. The van der Waals surface area contributed by atoms with Crippen LogP contribution in [0.2, 0.25) is 0 Å². The first-order valence-electron chi connectivity index (χ1n) is 5.06. The van der Waals surface area contributed by atoms with Gasteiger partial charge in [0, 0.05) is 5.39 Å². The second kappa shape index (κ2) is 5.04. The number of carboxylic acid groups (broad SMARTS) is 1. The zero-order valence-corrected chi connectivity index (χ0v) is 10.1. The van der Waals surface area contributed by atoms with E-state index < -0.39 is 18.0 Å². The Bertz CT molecular complexity index is 631. The highest BCUT2D eigenvalue weighted by molar-refractivity contribution is 8.00. The Hall–Kier alpha value is -1.83. The third-order valence-electron chi connectivity index (χ3n) is 2.15. The van der Waals surface area contributed by atoms with Gasteiger partial charge in [0.2, 0.25) is 5.82 Å². The maximum absolute atomic E-state index is 12.6. The molecule has 2 rings (SSSR count). The van der Waals surface area contributed by atoms with Crippen LogP contribution in [0.4, 0.5) is 13.2 Å². The van der Waals surface area contributed by atoms with E-state index in [2.05, 4.69) is 9.97 Å². The Morgan fingerprint density at radius 3 is 2.58 bits per heavy atom. The molecule has 1 aromatic carbocycles. The van der Waals surface area contributed by atoms with Crippen molar-refractivity contribution in [2.75, 3.05) is 5.75 Å². The van der Waals surface area contributed by atoms with Gasteiger partial charge in [0.1, 0.15) is 5.03 Å². The molecule has 0 aliphatic carbocycles. The van der Waals surface area contributed by atoms with Gasteiger partial charge in [-0.25, -0.2) is 9.97 Å². The summed E-state index contributed by atoms with van der Waals surface area (Å²) in [7, 11) is 0. The molecule has 0 aliphatic rings. The predicted molar refractivity (Wildman–Crippen MR) is 62.9 cm³/mol. The Morgan fingerprint density at radius 1 is 1.26 bits per heavy atom. The summed E-state index contributed by atoms with van der Waals surface area (Å²) in [6.45, 7) is 0. The van der Waals surface area contributed by atoms with Crippen LogP contribution in [0.15, 0.2) is 29.3 Å². The molecule has 0 saturated heterocycles. The van der Waals surface area contributed by atoms with Crippen LogP contribution in [0.25, 0.3) is 10.9 Å². The molecule has 0 saturated carbocycles. The molecule has 0 spiro atoms. The summed E-state index contributed by atoms with van der Waals surface area (Å²) in [5.41, 5.74) is 0.137. The van der Waals surface area contributed by atoms with E-state index in [9.17, 15) is 18.0 Å². The van der Waals surface area contributed by atoms with E-state index in [1.807, 2.05) is 0 Å². The summed E-state index contributed by atoms with van der Waals surface area (Å²) in [6.07, 6.45) is -4.66. The number of rotatable bonds is 3. The molecule has 0 bridgehead atoms. The van der Waals surface area contributed by atoms with Crippen molar-refractivity contribution in [3.8, 4) is 0 Å². The van der Waals surface area contributed by atoms with Gasteiger partial charge in [0.25, 0.3) is 0 Å². The van der Waals surface area contributed by atoms with Gasteiger partial charge in [0.05, 0.1) is 11.3 Å². The Balaban J connectivity index is 2.55. The van der Waals surface area contributed by atoms with E-state index in [-0.39, 0.29) is 16.3 Å². The average molecular weight is 288 g/mol. The van der Waals surface area contributed by atoms with Gasteiger partial charge in [-0.05, 0) is 6.07 Å². The van der Waals surface area contributed by atoms with Crippen molar-refractivity contribution in [1.82, 2.24) is 9.97 Å². The zero-order chi connectivity index (χ0) is 14.0. The summed E-state index contributed by atoms with van der Waals surface area (Å²) in [5, 5.41) is 9.01. The van der Waals surface area contributed by atoms with Crippen LogP contribution in [-0.2, 0) is 11.0 Å². The first-order chi connectivity index (χ1) is 8.88. The molecule has 8 heteroatoms. The van der Waals surface area contributed by atoms with Crippen LogP contribution in [0.3, 0.4) is 0 Å². The van der Waals surface area contributed by atoms with Crippen LogP contribution >= 0.6 is 11.8 Å². The normalized spacial score (nSPS) is 11.7. The lowest BCUT2D eigenvalue weighted by atomic mass is 10.2. The first-order valence-corrected chi connectivity index (χ1v) is 6.05. The standard InChI is InChI=1S/C11H7F3N2O2S/c12-11(13,14)10-15-7-4-2-1-3-6(7)9(16-10)19-5-8(17)18/h1-4H,5H2,(H,17,18). The van der Waals surface area contributed by atoms with Crippen molar-refractivity contribution in [2.45, 2.75) is 11.2 Å². The highest BCUT2D eigenvalue weighted by Gasteiger charge is 2.35. The molecule has 1 aromatic heterocycles. The van der Waals surface area contributed by atoms with Gasteiger partial charge in [-0.1, -0.05) is 30.0 Å². The van der Waals surface area contributed by atoms with Crippen molar-refractivity contribution in [3.63, 3.8) is 0 Å². The van der Waals surface area contributed by atoms with Crippen LogP contribution < -0.4 is 0 Å². The molecule has 1 heterocycles. The number of nitrogens with zero attached hydrogens (tertiary/aromatic N) is 2. The summed E-state index contributed by atoms with van der Waals surface area (Å²) < 4.78 is 37.9. The predicted octanol–water partition coefficient (Wildman–Crippen LogP) is 2.83. The number of aliphatic carboxylic acids is 1. The summed E-state index contributed by atoms with van der Waals surface area (Å²) >= 11 is 0.738. The van der Waals surface area contributed by atoms with Gasteiger partial charge < -0.3 is 5.11 Å². The maximum atomic E-state index is 12.6. The van der Waals surface area contributed by atoms with Crippen LogP contribution in [0, 0.1) is 0 Å². The molecule has 0 radical (unpaired) electrons. The highest BCUT2D eigenvalue weighted by Crippen LogP contribution is 2.31. The molecule has 0 atom stereocenters. The minimum atomic E-state index is -4.66. The molecule has 19 heavy (non-hydrogen) atoms. The SMILES string of the molecule is O=C(O)CSc1nc(C(F)(F)F)nc2ccccc12. The molecule has 0 aliphatic heterocycles. The average Bonchev–Trinajstić information content (AvgIpc) is 2.34. The lowest BCUT2D eigenvalue weighted by molar-refractivity contribution is -0.145. The Kier molecular flexibility index (Phi) is 3.61. The van der Waals surface area contributed by atoms with Crippen molar-refractivity contribution in [2.24, 2.45) is 0 Å². The number of aromatic nitrogens is 2. The van der Waals surface area contributed by atoms with E-state index in [1.165, 1.54) is 6.07 Å². The summed E-state index contributed by atoms with van der Waals surface area (Å²) in [6, 6.07) is 6.17. The number of para-hydroxylation sites is 1. The third kappa shape index (κ3) is 3.14. The quantitative estimate of drug-likeness (QED) is 0.695. The van der Waals surface area contributed by atoms with Crippen molar-refractivity contribution in [3.05, 3.63) is 30.1 Å². The lowest BCUT2D eigenvalue weighted by Gasteiger charge is -2.09. The van der Waals surface area contributed by atoms with Gasteiger partial charge >= 0.3 is 12.1 Å². The number of alkyl halides is 3. The third-order valence-corrected chi connectivity index (χ3v) is 3.13. The van der Waals surface area contributed by atoms with Crippen molar-refractivity contribution >= 4 is 28.6 Å². The molecule has 4 nitrogen and oxygen atoms in total. The van der Waals surface area contributed by atoms with Gasteiger partial charge in [-0.2, -0.15) is 13.2 Å². The number of thioether (sulfide) groups is 1. The van der Waals surface area contributed by atoms with Gasteiger partial charge in [0.15, 0.2) is 0 Å². The number of hydrogen-bond donors (Lipinski definition) is 1. The monoisotopic (exact) mass is 288 g/mol. The molecule has 0 amide bonds.